The number of fused-ring (bicyclic) bond motifs is 1. The molecule has 0 saturated carbocycles. The highest BCUT2D eigenvalue weighted by molar-refractivity contribution is 6.32. The number of para-hydroxylation sites is 1. The van der Waals surface area contributed by atoms with E-state index in [9.17, 15) is 0 Å². The Morgan fingerprint density at radius 3 is 2.86 bits per heavy atom. The molecule has 108 valence electrons. The van der Waals surface area contributed by atoms with Crippen molar-refractivity contribution in [2.75, 3.05) is 17.7 Å². The largest absolute Gasteiger partial charge is 0.393 e. The lowest BCUT2D eigenvalue weighted by atomic mass is 10.1. The maximum Gasteiger partial charge on any atom is 0.157 e. The molecule has 0 aliphatic heterocycles. The van der Waals surface area contributed by atoms with Gasteiger partial charge in [-0.3, -0.25) is 0 Å². The number of nitrogen functional groups attached to an aromatic ring is 1. The summed E-state index contributed by atoms with van der Waals surface area (Å²) in [5, 5.41) is 1.51. The molecule has 1 aromatic carbocycles. The first kappa shape index (κ1) is 13.7. The second-order valence-electron chi connectivity index (χ2n) is 5.04. The van der Waals surface area contributed by atoms with Crippen LogP contribution in [0.1, 0.15) is 5.56 Å². The summed E-state index contributed by atoms with van der Waals surface area (Å²) in [4.78, 5) is 10.1. The van der Waals surface area contributed by atoms with Crippen molar-refractivity contribution in [3.05, 3.63) is 47.5 Å². The number of rotatable bonds is 3. The number of halogens is 1. The fraction of sp³-hybridized carbons (Fsp3) is 0.200. The second-order valence-corrected chi connectivity index (χ2v) is 5.40. The zero-order chi connectivity index (χ0) is 15.0. The van der Waals surface area contributed by atoms with Gasteiger partial charge in [0, 0.05) is 37.7 Å². The number of hydrogen-bond donors (Lipinski definition) is 1. The monoisotopic (exact) mass is 301 g/mol. The Bertz CT molecular complexity index is 796. The minimum absolute atomic E-state index is 0.282. The van der Waals surface area contributed by atoms with E-state index in [2.05, 4.69) is 32.9 Å². The first-order chi connectivity index (χ1) is 10.1. The fourth-order valence-corrected chi connectivity index (χ4v) is 2.68. The highest BCUT2D eigenvalue weighted by Gasteiger charge is 2.13. The van der Waals surface area contributed by atoms with Gasteiger partial charge in [-0.15, -0.1) is 0 Å². The Morgan fingerprint density at radius 1 is 1.29 bits per heavy atom. The number of nitrogens with zero attached hydrogens (tertiary/aromatic N) is 4. The lowest BCUT2D eigenvalue weighted by molar-refractivity contribution is 0.883. The number of anilines is 2. The van der Waals surface area contributed by atoms with Crippen molar-refractivity contribution in [3.8, 4) is 0 Å². The van der Waals surface area contributed by atoms with E-state index in [4.69, 9.17) is 17.3 Å². The number of aryl methyl sites for hydroxylation is 1. The number of hydrogen-bond acceptors (Lipinski definition) is 4. The number of benzene rings is 1. The molecule has 0 amide bonds. The zero-order valence-corrected chi connectivity index (χ0v) is 12.7. The Balaban J connectivity index is 1.97. The van der Waals surface area contributed by atoms with Crippen LogP contribution in [0.2, 0.25) is 5.15 Å². The van der Waals surface area contributed by atoms with Gasteiger partial charge in [0.15, 0.2) is 11.0 Å². The predicted octanol–water partition coefficient (Wildman–Crippen LogP) is 2.84. The Kier molecular flexibility index (Phi) is 3.43. The Hall–Kier alpha value is -2.27. The van der Waals surface area contributed by atoms with Crippen LogP contribution in [-0.2, 0) is 13.6 Å². The van der Waals surface area contributed by atoms with Crippen LogP contribution in [-0.4, -0.2) is 21.6 Å². The van der Waals surface area contributed by atoms with Crippen molar-refractivity contribution >= 4 is 34.0 Å². The maximum atomic E-state index is 5.95. The van der Waals surface area contributed by atoms with Gasteiger partial charge in [-0.25, -0.2) is 9.97 Å². The lowest BCUT2D eigenvalue weighted by Crippen LogP contribution is -2.19. The molecule has 0 aliphatic carbocycles. The molecule has 0 spiro atoms. The molecule has 0 atom stereocenters. The molecule has 0 aliphatic rings. The highest BCUT2D eigenvalue weighted by Crippen LogP contribution is 2.28. The van der Waals surface area contributed by atoms with Gasteiger partial charge in [0.05, 0.1) is 0 Å². The Labute approximate surface area is 128 Å². The summed E-state index contributed by atoms with van der Waals surface area (Å²) in [6.07, 6.45) is 3.55. The van der Waals surface area contributed by atoms with Crippen molar-refractivity contribution < 1.29 is 0 Å². The summed E-state index contributed by atoms with van der Waals surface area (Å²) >= 11 is 5.95. The second kappa shape index (κ2) is 5.26. The summed E-state index contributed by atoms with van der Waals surface area (Å²) in [6.45, 7) is 0.693. The van der Waals surface area contributed by atoms with E-state index >= 15 is 0 Å². The van der Waals surface area contributed by atoms with Gasteiger partial charge < -0.3 is 15.2 Å². The van der Waals surface area contributed by atoms with Crippen LogP contribution < -0.4 is 10.6 Å². The third kappa shape index (κ3) is 2.40. The summed E-state index contributed by atoms with van der Waals surface area (Å²) in [6, 6.07) is 8.31. The molecule has 21 heavy (non-hydrogen) atoms. The lowest BCUT2D eigenvalue weighted by Gasteiger charge is -2.19. The van der Waals surface area contributed by atoms with Gasteiger partial charge in [-0.05, 0) is 11.6 Å². The molecule has 3 rings (SSSR count). The molecular formula is C15H16ClN5. The van der Waals surface area contributed by atoms with Gasteiger partial charge in [0.25, 0.3) is 0 Å². The van der Waals surface area contributed by atoms with Gasteiger partial charge in [0.2, 0.25) is 0 Å². The topological polar surface area (TPSA) is 60.0 Å². The van der Waals surface area contributed by atoms with E-state index in [1.54, 1.807) is 0 Å². The van der Waals surface area contributed by atoms with Crippen molar-refractivity contribution in [1.29, 1.82) is 0 Å². The minimum Gasteiger partial charge on any atom is -0.393 e. The van der Waals surface area contributed by atoms with Crippen LogP contribution in [0, 0.1) is 0 Å². The van der Waals surface area contributed by atoms with Gasteiger partial charge in [0.1, 0.15) is 12.0 Å². The molecule has 6 heteroatoms. The molecule has 5 nitrogen and oxygen atoms in total. The van der Waals surface area contributed by atoms with Gasteiger partial charge >= 0.3 is 0 Å². The normalized spacial score (nSPS) is 11.0. The van der Waals surface area contributed by atoms with E-state index < -0.39 is 0 Å². The van der Waals surface area contributed by atoms with Crippen LogP contribution >= 0.6 is 11.6 Å². The summed E-state index contributed by atoms with van der Waals surface area (Å²) in [5.41, 5.74) is 8.77. The zero-order valence-electron chi connectivity index (χ0n) is 11.9. The van der Waals surface area contributed by atoms with E-state index in [0.717, 1.165) is 0 Å². The quantitative estimate of drug-likeness (QED) is 0.756. The van der Waals surface area contributed by atoms with E-state index in [-0.39, 0.29) is 5.15 Å². The molecule has 0 saturated heterocycles. The third-order valence-corrected chi connectivity index (χ3v) is 3.86. The predicted molar refractivity (Wildman–Crippen MR) is 86.5 cm³/mol. The Morgan fingerprint density at radius 2 is 2.05 bits per heavy atom. The molecule has 0 radical (unpaired) electrons. The molecule has 0 unspecified atom stereocenters. The number of nitrogens with two attached hydrogens (primary N) is 1. The fourth-order valence-electron chi connectivity index (χ4n) is 2.55. The molecule has 2 heterocycles. The average Bonchev–Trinajstić information content (AvgIpc) is 2.79. The van der Waals surface area contributed by atoms with Crippen LogP contribution in [0.25, 0.3) is 10.9 Å². The standard InChI is InChI=1S/C15H16ClN5/c1-20-7-10(11-5-3-4-6-12(11)20)8-21(2)15-13(17)14(16)18-9-19-15/h3-7,9H,8,17H2,1-2H3. The van der Waals surface area contributed by atoms with Crippen molar-refractivity contribution in [2.24, 2.45) is 7.05 Å². The molecule has 2 aromatic heterocycles. The van der Waals surface area contributed by atoms with Crippen molar-refractivity contribution in [3.63, 3.8) is 0 Å². The van der Waals surface area contributed by atoms with Crippen LogP contribution in [0.15, 0.2) is 36.8 Å². The SMILES string of the molecule is CN(Cc1cn(C)c2ccccc12)c1ncnc(Cl)c1N. The van der Waals surface area contributed by atoms with Gasteiger partial charge in [-0.1, -0.05) is 29.8 Å². The summed E-state index contributed by atoms with van der Waals surface area (Å²) < 4.78 is 2.12. The van der Waals surface area contributed by atoms with Gasteiger partial charge in [-0.2, -0.15) is 0 Å². The maximum absolute atomic E-state index is 5.95. The smallest absolute Gasteiger partial charge is 0.157 e. The van der Waals surface area contributed by atoms with Crippen LogP contribution in [0.3, 0.4) is 0 Å². The first-order valence-corrected chi connectivity index (χ1v) is 6.95. The molecule has 2 N–H and O–H groups in total. The molecule has 0 fully saturated rings. The minimum atomic E-state index is 0.282. The van der Waals surface area contributed by atoms with Crippen LogP contribution in [0.5, 0.6) is 0 Å². The summed E-state index contributed by atoms with van der Waals surface area (Å²) in [7, 11) is 3.98. The molecule has 3 aromatic rings. The first-order valence-electron chi connectivity index (χ1n) is 6.58. The molecular weight excluding hydrogens is 286 g/mol. The van der Waals surface area contributed by atoms with E-state index in [1.807, 2.05) is 31.1 Å². The van der Waals surface area contributed by atoms with Crippen molar-refractivity contribution in [2.45, 2.75) is 6.54 Å². The van der Waals surface area contributed by atoms with E-state index in [0.29, 0.717) is 18.1 Å². The summed E-state index contributed by atoms with van der Waals surface area (Å²) in [5.74, 6) is 0.642. The van der Waals surface area contributed by atoms with Crippen LogP contribution in [0.4, 0.5) is 11.5 Å². The van der Waals surface area contributed by atoms with Crippen molar-refractivity contribution in [1.82, 2.24) is 14.5 Å². The molecule has 0 bridgehead atoms. The average molecular weight is 302 g/mol. The third-order valence-electron chi connectivity index (χ3n) is 3.56. The number of aromatic nitrogens is 3. The van der Waals surface area contributed by atoms with E-state index in [1.165, 1.54) is 22.8 Å². The highest BCUT2D eigenvalue weighted by atomic mass is 35.5.